The highest BCUT2D eigenvalue weighted by molar-refractivity contribution is 5.20. The van der Waals surface area contributed by atoms with Crippen molar-refractivity contribution in [1.29, 1.82) is 0 Å². The van der Waals surface area contributed by atoms with Gasteiger partial charge in [0.15, 0.2) is 6.29 Å². The van der Waals surface area contributed by atoms with Crippen LogP contribution in [0.4, 0.5) is 0 Å². The first kappa shape index (κ1) is 13.0. The van der Waals surface area contributed by atoms with Crippen LogP contribution in [0.2, 0.25) is 0 Å². The average molecular weight is 226 g/mol. The van der Waals surface area contributed by atoms with Crippen molar-refractivity contribution < 1.29 is 19.3 Å². The van der Waals surface area contributed by atoms with E-state index < -0.39 is 6.29 Å². The second-order valence-corrected chi connectivity index (χ2v) is 3.24. The van der Waals surface area contributed by atoms with Gasteiger partial charge in [0.1, 0.15) is 12.4 Å². The average Bonchev–Trinajstić information content (AvgIpc) is 2.29. The molecule has 0 heterocycles. The van der Waals surface area contributed by atoms with Gasteiger partial charge in [-0.25, -0.2) is 0 Å². The first-order valence-corrected chi connectivity index (χ1v) is 5.34. The summed E-state index contributed by atoms with van der Waals surface area (Å²) in [4.78, 5) is 0. The normalized spacial score (nSPS) is 12.4. The zero-order valence-electron chi connectivity index (χ0n) is 9.46. The molecule has 0 saturated carbocycles. The van der Waals surface area contributed by atoms with Gasteiger partial charge in [0.25, 0.3) is 0 Å². The highest BCUT2D eigenvalue weighted by atomic mass is 16.6. The maximum Gasteiger partial charge on any atom is 0.151 e. The van der Waals surface area contributed by atoms with Gasteiger partial charge in [-0.05, 0) is 19.1 Å². The van der Waals surface area contributed by atoms with E-state index in [2.05, 4.69) is 0 Å². The molecule has 0 aliphatic heterocycles. The highest BCUT2D eigenvalue weighted by Gasteiger charge is 1.95. The summed E-state index contributed by atoms with van der Waals surface area (Å²) in [6.07, 6.45) is -0.732. The summed E-state index contributed by atoms with van der Waals surface area (Å²) in [6.45, 7) is 3.45. The molecule has 1 unspecified atom stereocenters. The largest absolute Gasteiger partial charge is 0.491 e. The van der Waals surface area contributed by atoms with Gasteiger partial charge >= 0.3 is 0 Å². The van der Waals surface area contributed by atoms with Gasteiger partial charge in [-0.1, -0.05) is 18.2 Å². The number of rotatable bonds is 8. The lowest BCUT2D eigenvalue weighted by Gasteiger charge is -2.08. The smallest absolute Gasteiger partial charge is 0.151 e. The minimum absolute atomic E-state index is 0.392. The minimum atomic E-state index is -0.732. The van der Waals surface area contributed by atoms with E-state index in [0.717, 1.165) is 5.75 Å². The Kier molecular flexibility index (Phi) is 6.56. The summed E-state index contributed by atoms with van der Waals surface area (Å²) in [7, 11) is 0. The molecule has 0 saturated heterocycles. The molecule has 90 valence electrons. The number of hydrogen-bond donors (Lipinski definition) is 1. The molecule has 0 aliphatic rings. The van der Waals surface area contributed by atoms with Crippen LogP contribution in [-0.2, 0) is 9.47 Å². The fraction of sp³-hybridized carbons (Fsp3) is 0.500. The van der Waals surface area contributed by atoms with Crippen molar-refractivity contribution >= 4 is 0 Å². The molecular formula is C12H18O4. The summed E-state index contributed by atoms with van der Waals surface area (Å²) >= 11 is 0. The standard InChI is InChI=1S/C12H18O4/c1-11(13)15-9-7-14-8-10-16-12-5-3-2-4-6-12/h2-6,11,13H,7-10H2,1H3. The third-order valence-electron chi connectivity index (χ3n) is 1.83. The van der Waals surface area contributed by atoms with Gasteiger partial charge in [0.2, 0.25) is 0 Å². The van der Waals surface area contributed by atoms with Gasteiger partial charge in [-0.3, -0.25) is 0 Å². The molecule has 4 nitrogen and oxygen atoms in total. The van der Waals surface area contributed by atoms with Crippen molar-refractivity contribution in [1.82, 2.24) is 0 Å². The van der Waals surface area contributed by atoms with Crippen molar-refractivity contribution in [3.8, 4) is 5.75 Å². The molecule has 16 heavy (non-hydrogen) atoms. The van der Waals surface area contributed by atoms with Gasteiger partial charge < -0.3 is 19.3 Å². The molecule has 0 aliphatic carbocycles. The Balaban J connectivity index is 1.93. The van der Waals surface area contributed by atoms with Gasteiger partial charge in [-0.2, -0.15) is 0 Å². The molecule has 0 bridgehead atoms. The van der Waals surface area contributed by atoms with E-state index in [1.165, 1.54) is 0 Å². The summed E-state index contributed by atoms with van der Waals surface area (Å²) in [5, 5.41) is 8.80. The van der Waals surface area contributed by atoms with Crippen molar-refractivity contribution in [2.24, 2.45) is 0 Å². The highest BCUT2D eigenvalue weighted by Crippen LogP contribution is 2.07. The lowest BCUT2D eigenvalue weighted by atomic mass is 10.3. The fourth-order valence-electron chi connectivity index (χ4n) is 1.11. The summed E-state index contributed by atoms with van der Waals surface area (Å²) in [6, 6.07) is 9.59. The molecule has 0 fully saturated rings. The summed E-state index contributed by atoms with van der Waals surface area (Å²) in [5.41, 5.74) is 0. The van der Waals surface area contributed by atoms with Crippen LogP contribution in [-0.4, -0.2) is 37.8 Å². The van der Waals surface area contributed by atoms with E-state index in [4.69, 9.17) is 19.3 Å². The molecule has 4 heteroatoms. The minimum Gasteiger partial charge on any atom is -0.491 e. The van der Waals surface area contributed by atoms with Crippen LogP contribution >= 0.6 is 0 Å². The van der Waals surface area contributed by atoms with Crippen molar-refractivity contribution in [3.05, 3.63) is 30.3 Å². The summed E-state index contributed by atoms with van der Waals surface area (Å²) in [5.74, 6) is 0.839. The molecular weight excluding hydrogens is 208 g/mol. The van der Waals surface area contributed by atoms with E-state index in [9.17, 15) is 0 Å². The zero-order chi connectivity index (χ0) is 11.6. The topological polar surface area (TPSA) is 47.9 Å². The van der Waals surface area contributed by atoms with Gasteiger partial charge in [-0.15, -0.1) is 0 Å². The van der Waals surface area contributed by atoms with E-state index >= 15 is 0 Å². The second-order valence-electron chi connectivity index (χ2n) is 3.24. The SMILES string of the molecule is CC(O)OCCOCCOc1ccccc1. The van der Waals surface area contributed by atoms with Gasteiger partial charge in [0, 0.05) is 0 Å². The fourth-order valence-corrected chi connectivity index (χ4v) is 1.11. The Morgan fingerprint density at radius 2 is 1.75 bits per heavy atom. The third kappa shape index (κ3) is 6.40. The second kappa shape index (κ2) is 8.10. The van der Waals surface area contributed by atoms with Crippen molar-refractivity contribution in [2.75, 3.05) is 26.4 Å². The molecule has 0 aromatic heterocycles. The quantitative estimate of drug-likeness (QED) is 0.538. The maximum atomic E-state index is 8.80. The number of ether oxygens (including phenoxy) is 3. The van der Waals surface area contributed by atoms with Crippen LogP contribution < -0.4 is 4.74 Å². The van der Waals surface area contributed by atoms with Crippen LogP contribution in [0.5, 0.6) is 5.75 Å². The lowest BCUT2D eigenvalue weighted by molar-refractivity contribution is -0.100. The monoisotopic (exact) mass is 226 g/mol. The van der Waals surface area contributed by atoms with Crippen LogP contribution in [0, 0.1) is 0 Å². The predicted octanol–water partition coefficient (Wildman–Crippen LogP) is 1.44. The maximum absolute atomic E-state index is 8.80. The molecule has 1 aromatic rings. The number of benzene rings is 1. The molecule has 0 amide bonds. The number of para-hydroxylation sites is 1. The van der Waals surface area contributed by atoms with Crippen LogP contribution in [0.25, 0.3) is 0 Å². The Morgan fingerprint density at radius 1 is 1.06 bits per heavy atom. The van der Waals surface area contributed by atoms with Crippen molar-refractivity contribution in [3.63, 3.8) is 0 Å². The Bertz CT molecular complexity index is 261. The molecule has 1 aromatic carbocycles. The molecule has 1 N–H and O–H groups in total. The molecule has 1 rings (SSSR count). The van der Waals surface area contributed by atoms with Crippen molar-refractivity contribution in [2.45, 2.75) is 13.2 Å². The Labute approximate surface area is 95.8 Å². The number of aliphatic hydroxyl groups is 1. The lowest BCUT2D eigenvalue weighted by Crippen LogP contribution is -2.14. The van der Waals surface area contributed by atoms with E-state index in [0.29, 0.717) is 26.4 Å². The van der Waals surface area contributed by atoms with E-state index in [-0.39, 0.29) is 0 Å². The summed E-state index contributed by atoms with van der Waals surface area (Å²) < 4.78 is 15.6. The zero-order valence-corrected chi connectivity index (χ0v) is 9.46. The predicted molar refractivity (Wildman–Crippen MR) is 60.4 cm³/mol. The van der Waals surface area contributed by atoms with E-state index in [1.807, 2.05) is 30.3 Å². The Hall–Kier alpha value is -1.10. The molecule has 0 spiro atoms. The first-order chi connectivity index (χ1) is 7.79. The molecule has 1 atom stereocenters. The number of hydrogen-bond acceptors (Lipinski definition) is 4. The van der Waals surface area contributed by atoms with Gasteiger partial charge in [0.05, 0.1) is 19.8 Å². The first-order valence-electron chi connectivity index (χ1n) is 5.34. The number of aliphatic hydroxyl groups excluding tert-OH is 1. The van der Waals surface area contributed by atoms with E-state index in [1.54, 1.807) is 6.92 Å². The Morgan fingerprint density at radius 3 is 2.44 bits per heavy atom. The van der Waals surface area contributed by atoms with Crippen LogP contribution in [0.15, 0.2) is 30.3 Å². The van der Waals surface area contributed by atoms with Crippen LogP contribution in [0.3, 0.4) is 0 Å². The molecule has 0 radical (unpaired) electrons. The third-order valence-corrected chi connectivity index (χ3v) is 1.83. The van der Waals surface area contributed by atoms with Crippen LogP contribution in [0.1, 0.15) is 6.92 Å².